The third kappa shape index (κ3) is 3.56. The number of nitrogens with two attached hydrogens (primary N) is 1. The van der Waals surface area contributed by atoms with Crippen LogP contribution in [0.4, 0.5) is 10.1 Å². The molecule has 7 heteroatoms. The van der Waals surface area contributed by atoms with Crippen LogP contribution in [0.25, 0.3) is 0 Å². The number of methoxy groups -OCH3 is 1. The van der Waals surface area contributed by atoms with Crippen LogP contribution >= 0.6 is 0 Å². The minimum Gasteiger partial charge on any atom is -0.494 e. The van der Waals surface area contributed by atoms with E-state index in [1.165, 1.54) is 7.11 Å². The molecule has 0 heterocycles. The molecule has 6 nitrogen and oxygen atoms in total. The molecule has 0 aliphatic heterocycles. The van der Waals surface area contributed by atoms with E-state index in [9.17, 15) is 14.5 Å². The lowest BCUT2D eigenvalue weighted by Gasteiger charge is -2.19. The number of hydrogen-bond acceptors (Lipinski definition) is 5. The van der Waals surface area contributed by atoms with Gasteiger partial charge in [0.2, 0.25) is 5.75 Å². The van der Waals surface area contributed by atoms with Crippen LogP contribution in [0, 0.1) is 15.9 Å². The van der Waals surface area contributed by atoms with Crippen LogP contribution in [0.3, 0.4) is 0 Å². The second-order valence-corrected chi connectivity index (χ2v) is 4.49. The predicted octanol–water partition coefficient (Wildman–Crippen LogP) is 1.86. The van der Waals surface area contributed by atoms with Crippen molar-refractivity contribution in [1.82, 2.24) is 0 Å². The number of nitro groups is 1. The first-order valence-corrected chi connectivity index (χ1v) is 5.18. The number of nitrogens with zero attached hydrogens (tertiary/aromatic N) is 1. The molecule has 1 aromatic rings. The van der Waals surface area contributed by atoms with Gasteiger partial charge in [-0.3, -0.25) is 10.1 Å². The Labute approximate surface area is 104 Å². The van der Waals surface area contributed by atoms with E-state index < -0.39 is 22.0 Å². The van der Waals surface area contributed by atoms with Crippen molar-refractivity contribution >= 4 is 5.69 Å². The Morgan fingerprint density at radius 3 is 2.50 bits per heavy atom. The van der Waals surface area contributed by atoms with Crippen LogP contribution in [0.15, 0.2) is 12.1 Å². The highest BCUT2D eigenvalue weighted by Crippen LogP contribution is 2.33. The molecule has 0 atom stereocenters. The molecule has 0 aliphatic carbocycles. The van der Waals surface area contributed by atoms with Gasteiger partial charge in [-0.2, -0.15) is 0 Å². The van der Waals surface area contributed by atoms with Gasteiger partial charge in [0, 0.05) is 11.6 Å². The van der Waals surface area contributed by atoms with E-state index in [-0.39, 0.29) is 18.1 Å². The van der Waals surface area contributed by atoms with Crippen molar-refractivity contribution in [2.45, 2.75) is 19.4 Å². The molecule has 0 aromatic heterocycles. The summed E-state index contributed by atoms with van der Waals surface area (Å²) in [6, 6.07) is 1.90. The van der Waals surface area contributed by atoms with Gasteiger partial charge in [-0.05, 0) is 13.8 Å². The second-order valence-electron chi connectivity index (χ2n) is 4.49. The Balaban J connectivity index is 3.10. The van der Waals surface area contributed by atoms with Crippen LogP contribution in [-0.4, -0.2) is 24.2 Å². The molecule has 0 fully saturated rings. The van der Waals surface area contributed by atoms with Gasteiger partial charge < -0.3 is 15.2 Å². The Morgan fingerprint density at radius 1 is 1.44 bits per heavy atom. The number of nitro benzene ring substituents is 1. The van der Waals surface area contributed by atoms with E-state index in [0.29, 0.717) is 0 Å². The molecule has 0 aliphatic rings. The molecule has 1 rings (SSSR count). The molecule has 1 aromatic carbocycles. The molecular formula is C11H15FN2O4. The van der Waals surface area contributed by atoms with Crippen LogP contribution in [0.5, 0.6) is 11.5 Å². The van der Waals surface area contributed by atoms with Crippen molar-refractivity contribution < 1.29 is 18.8 Å². The molecule has 2 N–H and O–H groups in total. The van der Waals surface area contributed by atoms with Gasteiger partial charge in [0.1, 0.15) is 6.61 Å². The predicted molar refractivity (Wildman–Crippen MR) is 63.4 cm³/mol. The van der Waals surface area contributed by atoms with Crippen molar-refractivity contribution in [2.24, 2.45) is 5.73 Å². The van der Waals surface area contributed by atoms with Crippen LogP contribution < -0.4 is 15.2 Å². The third-order valence-corrected chi connectivity index (χ3v) is 2.03. The molecule has 0 amide bonds. The standard InChI is InChI=1S/C11H15FN2O4/c1-11(2,13)6-18-10-5-9(17-3)7(12)4-8(10)14(15)16/h4-5H,6,13H2,1-3H3. The number of hydrogen-bond donors (Lipinski definition) is 1. The summed E-state index contributed by atoms with van der Waals surface area (Å²) < 4.78 is 23.3. The topological polar surface area (TPSA) is 87.6 Å². The molecule has 0 saturated heterocycles. The zero-order valence-electron chi connectivity index (χ0n) is 10.4. The first-order valence-electron chi connectivity index (χ1n) is 5.18. The average Bonchev–Trinajstić information content (AvgIpc) is 2.25. The SMILES string of the molecule is COc1cc(OCC(C)(C)N)c([N+](=O)[O-])cc1F. The summed E-state index contributed by atoms with van der Waals surface area (Å²) >= 11 is 0. The number of rotatable bonds is 5. The van der Waals surface area contributed by atoms with E-state index in [0.717, 1.165) is 12.1 Å². The van der Waals surface area contributed by atoms with E-state index >= 15 is 0 Å². The quantitative estimate of drug-likeness (QED) is 0.643. The van der Waals surface area contributed by atoms with Crippen molar-refractivity contribution in [3.05, 3.63) is 28.1 Å². The monoisotopic (exact) mass is 258 g/mol. The fourth-order valence-corrected chi connectivity index (χ4v) is 1.20. The van der Waals surface area contributed by atoms with Crippen LogP contribution in [-0.2, 0) is 0 Å². The van der Waals surface area contributed by atoms with Gasteiger partial charge in [0.05, 0.1) is 18.1 Å². The lowest BCUT2D eigenvalue weighted by atomic mass is 10.1. The maximum atomic E-state index is 13.4. The van der Waals surface area contributed by atoms with Crippen LogP contribution in [0.2, 0.25) is 0 Å². The van der Waals surface area contributed by atoms with Crippen LogP contribution in [0.1, 0.15) is 13.8 Å². The molecule has 0 bridgehead atoms. The smallest absolute Gasteiger partial charge is 0.314 e. The summed E-state index contributed by atoms with van der Waals surface area (Å²) in [6.07, 6.45) is 0. The highest BCUT2D eigenvalue weighted by atomic mass is 19.1. The molecule has 0 spiro atoms. The van der Waals surface area contributed by atoms with E-state index in [2.05, 4.69) is 0 Å². The minimum absolute atomic E-state index is 0.0582. The van der Waals surface area contributed by atoms with Gasteiger partial charge >= 0.3 is 5.69 Å². The maximum absolute atomic E-state index is 13.4. The zero-order valence-corrected chi connectivity index (χ0v) is 10.4. The summed E-state index contributed by atoms with van der Waals surface area (Å²) in [5, 5.41) is 10.8. The molecule has 18 heavy (non-hydrogen) atoms. The summed E-state index contributed by atoms with van der Waals surface area (Å²) in [5.41, 5.74) is 4.59. The lowest BCUT2D eigenvalue weighted by molar-refractivity contribution is -0.386. The molecule has 0 saturated carbocycles. The number of ether oxygens (including phenoxy) is 2. The zero-order chi connectivity index (χ0) is 13.9. The van der Waals surface area contributed by atoms with E-state index in [1.54, 1.807) is 13.8 Å². The fraction of sp³-hybridized carbons (Fsp3) is 0.455. The maximum Gasteiger partial charge on any atom is 0.314 e. The van der Waals surface area contributed by atoms with Crippen molar-refractivity contribution in [3.8, 4) is 11.5 Å². The largest absolute Gasteiger partial charge is 0.494 e. The Kier molecular flexibility index (Phi) is 4.07. The second kappa shape index (κ2) is 5.18. The third-order valence-electron chi connectivity index (χ3n) is 2.03. The molecule has 100 valence electrons. The average molecular weight is 258 g/mol. The summed E-state index contributed by atoms with van der Waals surface area (Å²) in [5.74, 6) is -1.01. The van der Waals surface area contributed by atoms with Gasteiger partial charge in [-0.15, -0.1) is 0 Å². The highest BCUT2D eigenvalue weighted by molar-refractivity contribution is 5.51. The minimum atomic E-state index is -0.816. The van der Waals surface area contributed by atoms with Gasteiger partial charge in [-0.25, -0.2) is 4.39 Å². The Bertz CT molecular complexity index is 457. The molecule has 0 radical (unpaired) electrons. The van der Waals surface area contributed by atoms with Gasteiger partial charge in [-0.1, -0.05) is 0 Å². The summed E-state index contributed by atoms with van der Waals surface area (Å²) in [7, 11) is 1.26. The lowest BCUT2D eigenvalue weighted by Crippen LogP contribution is -2.38. The van der Waals surface area contributed by atoms with E-state index in [1.807, 2.05) is 0 Å². The number of benzene rings is 1. The van der Waals surface area contributed by atoms with Crippen molar-refractivity contribution in [2.75, 3.05) is 13.7 Å². The fourth-order valence-electron chi connectivity index (χ4n) is 1.20. The first-order chi connectivity index (χ1) is 8.24. The van der Waals surface area contributed by atoms with Gasteiger partial charge in [0.25, 0.3) is 0 Å². The highest BCUT2D eigenvalue weighted by Gasteiger charge is 2.22. The van der Waals surface area contributed by atoms with Crippen molar-refractivity contribution in [3.63, 3.8) is 0 Å². The molecule has 0 unspecified atom stereocenters. The van der Waals surface area contributed by atoms with Crippen molar-refractivity contribution in [1.29, 1.82) is 0 Å². The Morgan fingerprint density at radius 2 is 2.06 bits per heavy atom. The molecular weight excluding hydrogens is 243 g/mol. The normalized spacial score (nSPS) is 11.2. The van der Waals surface area contributed by atoms with Gasteiger partial charge in [0.15, 0.2) is 11.6 Å². The Hall–Kier alpha value is -1.89. The first kappa shape index (κ1) is 14.2. The van der Waals surface area contributed by atoms with E-state index in [4.69, 9.17) is 15.2 Å². The summed E-state index contributed by atoms with van der Waals surface area (Å²) in [6.45, 7) is 3.47. The summed E-state index contributed by atoms with van der Waals surface area (Å²) in [4.78, 5) is 10.1. The number of halogens is 1.